The van der Waals surface area contributed by atoms with Crippen molar-refractivity contribution in [3.05, 3.63) is 53.8 Å². The summed E-state index contributed by atoms with van der Waals surface area (Å²) in [5.74, 6) is 0.693. The largest absolute Gasteiger partial charge is 0.379 e. The number of aromatic nitrogens is 1. The topological polar surface area (TPSA) is 45.7 Å². The average molecular weight is 524 g/mol. The smallest absolute Gasteiger partial charge is 0.228 e. The van der Waals surface area contributed by atoms with Crippen molar-refractivity contribution in [2.24, 2.45) is 0 Å². The van der Waals surface area contributed by atoms with E-state index in [1.54, 1.807) is 22.7 Å². The Morgan fingerprint density at radius 3 is 2.71 bits per heavy atom. The number of halogens is 2. The van der Waals surface area contributed by atoms with Gasteiger partial charge in [0, 0.05) is 37.5 Å². The fraction of sp³-hybridized carbons (Fsp3) is 0.440. The molecular formula is C25H31ClFN3O2S2. The van der Waals surface area contributed by atoms with Gasteiger partial charge in [-0.2, -0.15) is 0 Å². The van der Waals surface area contributed by atoms with E-state index >= 15 is 0 Å². The van der Waals surface area contributed by atoms with Crippen LogP contribution >= 0.6 is 35.5 Å². The van der Waals surface area contributed by atoms with Gasteiger partial charge in [0.15, 0.2) is 5.13 Å². The summed E-state index contributed by atoms with van der Waals surface area (Å²) in [6, 6.07) is 13.1. The van der Waals surface area contributed by atoms with Gasteiger partial charge in [-0.15, -0.1) is 24.2 Å². The van der Waals surface area contributed by atoms with Crippen LogP contribution in [0.3, 0.4) is 0 Å². The number of anilines is 1. The molecule has 1 aliphatic rings. The van der Waals surface area contributed by atoms with Gasteiger partial charge in [-0.1, -0.05) is 29.0 Å². The standard InChI is InChI=1S/C25H30FN3O2S2.ClH/c1-19-5-8-21(9-6-19)32-17-2-4-24(30)29(12-3-11-28-13-15-31-16-14-28)25-27-22-10-7-20(26)18-23(22)33-25;/h5-10,18H,2-4,11-17H2,1H3;1H. The van der Waals surface area contributed by atoms with Crippen molar-refractivity contribution in [2.75, 3.05) is 50.0 Å². The van der Waals surface area contributed by atoms with Gasteiger partial charge in [0.1, 0.15) is 5.82 Å². The van der Waals surface area contributed by atoms with Gasteiger partial charge in [0.25, 0.3) is 0 Å². The minimum absolute atomic E-state index is 0. The van der Waals surface area contributed by atoms with Crippen molar-refractivity contribution in [3.63, 3.8) is 0 Å². The number of benzene rings is 2. The van der Waals surface area contributed by atoms with E-state index < -0.39 is 0 Å². The number of morpholine rings is 1. The number of thiazole rings is 1. The van der Waals surface area contributed by atoms with E-state index in [1.165, 1.54) is 33.9 Å². The summed E-state index contributed by atoms with van der Waals surface area (Å²) in [6.07, 6.45) is 2.14. The average Bonchev–Trinajstić information content (AvgIpc) is 3.24. The van der Waals surface area contributed by atoms with E-state index in [2.05, 4.69) is 41.1 Å². The predicted octanol–water partition coefficient (Wildman–Crippen LogP) is 5.79. The fourth-order valence-corrected chi connectivity index (χ4v) is 5.68. The van der Waals surface area contributed by atoms with Crippen LogP contribution in [-0.2, 0) is 9.53 Å². The number of carbonyl (C=O) groups excluding carboxylic acids is 1. The predicted molar refractivity (Wildman–Crippen MR) is 142 cm³/mol. The van der Waals surface area contributed by atoms with Gasteiger partial charge in [-0.3, -0.25) is 14.6 Å². The molecule has 0 saturated carbocycles. The van der Waals surface area contributed by atoms with Crippen LogP contribution in [0.5, 0.6) is 0 Å². The van der Waals surface area contributed by atoms with Crippen molar-refractivity contribution in [1.82, 2.24) is 9.88 Å². The van der Waals surface area contributed by atoms with Crippen molar-refractivity contribution < 1.29 is 13.9 Å². The Balaban J connectivity index is 0.00000324. The highest BCUT2D eigenvalue weighted by Crippen LogP contribution is 2.30. The molecule has 1 amide bonds. The Hall–Kier alpha value is -1.71. The highest BCUT2D eigenvalue weighted by molar-refractivity contribution is 7.99. The summed E-state index contributed by atoms with van der Waals surface area (Å²) in [5.41, 5.74) is 1.98. The molecule has 0 radical (unpaired) electrons. The van der Waals surface area contributed by atoms with Gasteiger partial charge >= 0.3 is 0 Å². The molecule has 5 nitrogen and oxygen atoms in total. The summed E-state index contributed by atoms with van der Waals surface area (Å²) in [4.78, 5) is 23.2. The van der Waals surface area contributed by atoms with Crippen LogP contribution in [0.15, 0.2) is 47.4 Å². The molecule has 184 valence electrons. The number of nitrogens with zero attached hydrogens (tertiary/aromatic N) is 3. The van der Waals surface area contributed by atoms with Crippen molar-refractivity contribution in [2.45, 2.75) is 31.1 Å². The first-order valence-corrected chi connectivity index (χ1v) is 13.2. The summed E-state index contributed by atoms with van der Waals surface area (Å²) in [7, 11) is 0. The van der Waals surface area contributed by atoms with Crippen LogP contribution in [0.1, 0.15) is 24.8 Å². The molecule has 0 N–H and O–H groups in total. The quantitative estimate of drug-likeness (QED) is 0.248. The van der Waals surface area contributed by atoms with Crippen LogP contribution in [0.4, 0.5) is 9.52 Å². The monoisotopic (exact) mass is 523 g/mol. The third kappa shape index (κ3) is 7.65. The molecule has 3 aromatic rings. The van der Waals surface area contributed by atoms with Crippen LogP contribution in [0.2, 0.25) is 0 Å². The zero-order valence-electron chi connectivity index (χ0n) is 19.4. The van der Waals surface area contributed by atoms with Gasteiger partial charge in [-0.05, 0) is 55.9 Å². The van der Waals surface area contributed by atoms with Crippen LogP contribution < -0.4 is 4.90 Å². The second-order valence-corrected chi connectivity index (χ2v) is 10.4. The number of hydrogen-bond donors (Lipinski definition) is 0. The Kier molecular flexibility index (Phi) is 10.6. The molecule has 34 heavy (non-hydrogen) atoms. The molecule has 1 fully saturated rings. The molecule has 1 aromatic heterocycles. The first-order chi connectivity index (χ1) is 16.1. The molecule has 0 spiro atoms. The minimum atomic E-state index is -0.281. The van der Waals surface area contributed by atoms with E-state index in [1.807, 2.05) is 0 Å². The number of ether oxygens (including phenoxy) is 1. The molecule has 9 heteroatoms. The van der Waals surface area contributed by atoms with E-state index in [-0.39, 0.29) is 24.1 Å². The zero-order valence-corrected chi connectivity index (χ0v) is 21.8. The Morgan fingerprint density at radius 2 is 1.94 bits per heavy atom. The van der Waals surface area contributed by atoms with E-state index in [0.717, 1.165) is 61.7 Å². The van der Waals surface area contributed by atoms with Gasteiger partial charge < -0.3 is 4.74 Å². The lowest BCUT2D eigenvalue weighted by Crippen LogP contribution is -2.39. The molecule has 4 rings (SSSR count). The summed E-state index contributed by atoms with van der Waals surface area (Å²) in [6.45, 7) is 7.03. The molecule has 1 saturated heterocycles. The lowest BCUT2D eigenvalue weighted by atomic mass is 10.2. The SMILES string of the molecule is Cc1ccc(SCCCC(=O)N(CCCN2CCOCC2)c2nc3ccc(F)cc3s2)cc1.Cl. The van der Waals surface area contributed by atoms with Crippen molar-refractivity contribution in [3.8, 4) is 0 Å². The summed E-state index contributed by atoms with van der Waals surface area (Å²) < 4.78 is 19.9. The van der Waals surface area contributed by atoms with Crippen LogP contribution in [0.25, 0.3) is 10.2 Å². The summed E-state index contributed by atoms with van der Waals surface area (Å²) in [5, 5.41) is 0.661. The summed E-state index contributed by atoms with van der Waals surface area (Å²) >= 11 is 3.16. The Labute approximate surface area is 215 Å². The second-order valence-electron chi connectivity index (χ2n) is 8.23. The Bertz CT molecular complexity index is 1060. The molecule has 2 aromatic carbocycles. The minimum Gasteiger partial charge on any atom is -0.379 e. The van der Waals surface area contributed by atoms with Crippen LogP contribution in [-0.4, -0.2) is 60.9 Å². The lowest BCUT2D eigenvalue weighted by molar-refractivity contribution is -0.118. The number of fused-ring (bicyclic) bond motifs is 1. The molecule has 0 aliphatic carbocycles. The first-order valence-electron chi connectivity index (χ1n) is 11.4. The Morgan fingerprint density at radius 1 is 1.18 bits per heavy atom. The fourth-order valence-electron chi connectivity index (χ4n) is 3.79. The number of aryl methyl sites for hydroxylation is 1. The third-order valence-electron chi connectivity index (χ3n) is 5.66. The van der Waals surface area contributed by atoms with Gasteiger partial charge in [-0.25, -0.2) is 9.37 Å². The van der Waals surface area contributed by atoms with Crippen molar-refractivity contribution in [1.29, 1.82) is 0 Å². The van der Waals surface area contributed by atoms with Crippen molar-refractivity contribution >= 4 is 56.8 Å². The van der Waals surface area contributed by atoms with E-state index in [9.17, 15) is 9.18 Å². The molecular weight excluding hydrogens is 493 g/mol. The number of amides is 1. The zero-order chi connectivity index (χ0) is 23.0. The normalized spacial score (nSPS) is 14.2. The van der Waals surface area contributed by atoms with Gasteiger partial charge in [0.05, 0.1) is 23.4 Å². The maximum atomic E-state index is 13.7. The maximum Gasteiger partial charge on any atom is 0.228 e. The maximum absolute atomic E-state index is 13.7. The molecule has 0 atom stereocenters. The number of thioether (sulfide) groups is 1. The molecule has 2 heterocycles. The first kappa shape index (κ1) is 26.9. The third-order valence-corrected chi connectivity index (χ3v) is 7.80. The molecule has 1 aliphatic heterocycles. The number of hydrogen-bond acceptors (Lipinski definition) is 6. The number of carbonyl (C=O) groups is 1. The van der Waals surface area contributed by atoms with Crippen LogP contribution in [0, 0.1) is 12.7 Å². The second kappa shape index (κ2) is 13.4. The van der Waals surface area contributed by atoms with E-state index in [4.69, 9.17) is 4.74 Å². The highest BCUT2D eigenvalue weighted by atomic mass is 35.5. The number of rotatable bonds is 10. The lowest BCUT2D eigenvalue weighted by Gasteiger charge is -2.27. The van der Waals surface area contributed by atoms with Gasteiger partial charge in [0.2, 0.25) is 5.91 Å². The van der Waals surface area contributed by atoms with E-state index in [0.29, 0.717) is 18.1 Å². The molecule has 0 bridgehead atoms. The highest BCUT2D eigenvalue weighted by Gasteiger charge is 2.20. The molecule has 0 unspecified atom stereocenters.